The zero-order chi connectivity index (χ0) is 26.6. The van der Waals surface area contributed by atoms with E-state index in [9.17, 15) is 9.90 Å². The van der Waals surface area contributed by atoms with Crippen LogP contribution in [-0.4, -0.2) is 83.9 Å². The number of imidazole rings is 1. The molecule has 0 radical (unpaired) electrons. The van der Waals surface area contributed by atoms with Gasteiger partial charge >= 0.3 is 0 Å². The Kier molecular flexibility index (Phi) is 6.24. The number of aromatic nitrogens is 6. The molecule has 11 nitrogen and oxygen atoms in total. The third kappa shape index (κ3) is 4.28. The molecule has 38 heavy (non-hydrogen) atoms. The van der Waals surface area contributed by atoms with Gasteiger partial charge in [-0.2, -0.15) is 9.97 Å². The summed E-state index contributed by atoms with van der Waals surface area (Å²) in [5, 5.41) is 11.1. The molecule has 5 heterocycles. The van der Waals surface area contributed by atoms with E-state index in [0.717, 1.165) is 54.3 Å². The molecule has 1 N–H and O–H groups in total. The standard InChI is InChI=1S/C27H36N8O3/c1-27(2,37)18-9-11-33(12-10-18)17-21-28-22-23(31(21)3)29-26(30-24(22)34-13-15-38-16-14-34)35-20-8-6-5-7-19(20)25(36)32(35)4/h5-8,18,37H,9-17H2,1-4H3. The van der Waals surface area contributed by atoms with Gasteiger partial charge in [0.05, 0.1) is 36.3 Å². The highest BCUT2D eigenvalue weighted by Gasteiger charge is 2.31. The molecule has 0 spiro atoms. The van der Waals surface area contributed by atoms with Gasteiger partial charge in [0.2, 0.25) is 0 Å². The van der Waals surface area contributed by atoms with E-state index in [4.69, 9.17) is 19.7 Å². The predicted octanol–water partition coefficient (Wildman–Crippen LogP) is 1.83. The fourth-order valence-corrected chi connectivity index (χ4v) is 5.82. The molecular weight excluding hydrogens is 484 g/mol. The van der Waals surface area contributed by atoms with E-state index in [-0.39, 0.29) is 5.56 Å². The zero-order valence-corrected chi connectivity index (χ0v) is 22.6. The monoisotopic (exact) mass is 520 g/mol. The van der Waals surface area contributed by atoms with Gasteiger partial charge in [-0.3, -0.25) is 9.69 Å². The van der Waals surface area contributed by atoms with E-state index in [1.165, 1.54) is 0 Å². The molecule has 11 heteroatoms. The predicted molar refractivity (Wildman–Crippen MR) is 146 cm³/mol. The third-order valence-corrected chi connectivity index (χ3v) is 8.19. The van der Waals surface area contributed by atoms with Crippen LogP contribution >= 0.6 is 0 Å². The van der Waals surface area contributed by atoms with E-state index < -0.39 is 5.60 Å². The number of ether oxygens (including phenoxy) is 1. The Morgan fingerprint density at radius 1 is 1.03 bits per heavy atom. The van der Waals surface area contributed by atoms with Crippen molar-refractivity contribution in [3.63, 3.8) is 0 Å². The second-order valence-corrected chi connectivity index (χ2v) is 11.1. The molecular formula is C27H36N8O3. The Morgan fingerprint density at radius 3 is 2.45 bits per heavy atom. The first-order chi connectivity index (χ1) is 18.2. The fraction of sp³-hybridized carbons (Fsp3) is 0.556. The van der Waals surface area contributed by atoms with Crippen molar-refractivity contribution in [2.45, 2.75) is 38.8 Å². The van der Waals surface area contributed by atoms with Gasteiger partial charge in [-0.25, -0.2) is 14.3 Å². The van der Waals surface area contributed by atoms with Crippen LogP contribution in [0.25, 0.3) is 28.0 Å². The molecule has 202 valence electrons. The Labute approximate surface area is 221 Å². The summed E-state index contributed by atoms with van der Waals surface area (Å²) in [6, 6.07) is 7.54. The number of hydrogen-bond acceptors (Lipinski definition) is 8. The van der Waals surface area contributed by atoms with Gasteiger partial charge in [0.25, 0.3) is 11.5 Å². The van der Waals surface area contributed by atoms with E-state index in [1.807, 2.05) is 45.2 Å². The number of hydrogen-bond donors (Lipinski definition) is 1. The van der Waals surface area contributed by atoms with Crippen molar-refractivity contribution in [2.24, 2.45) is 20.0 Å². The lowest BCUT2D eigenvalue weighted by molar-refractivity contribution is -0.0139. The van der Waals surface area contributed by atoms with Crippen LogP contribution in [0.1, 0.15) is 32.5 Å². The number of aliphatic hydroxyl groups is 1. The van der Waals surface area contributed by atoms with Crippen molar-refractivity contribution < 1.29 is 9.84 Å². The third-order valence-electron chi connectivity index (χ3n) is 8.19. The minimum Gasteiger partial charge on any atom is -0.390 e. The summed E-state index contributed by atoms with van der Waals surface area (Å²) in [5.41, 5.74) is 1.54. The largest absolute Gasteiger partial charge is 0.390 e. The number of nitrogens with zero attached hydrogens (tertiary/aromatic N) is 8. The highest BCUT2D eigenvalue weighted by atomic mass is 16.5. The van der Waals surface area contributed by atoms with Crippen LogP contribution in [-0.2, 0) is 25.4 Å². The van der Waals surface area contributed by atoms with E-state index in [2.05, 4.69) is 14.4 Å². The minimum absolute atomic E-state index is 0.0858. The van der Waals surface area contributed by atoms with E-state index in [1.54, 1.807) is 16.4 Å². The summed E-state index contributed by atoms with van der Waals surface area (Å²) in [6.45, 7) is 9.04. The molecule has 2 fully saturated rings. The average Bonchev–Trinajstić information content (AvgIpc) is 3.36. The molecule has 2 saturated heterocycles. The van der Waals surface area contributed by atoms with Crippen LogP contribution in [0.15, 0.2) is 29.1 Å². The number of piperidine rings is 1. The smallest absolute Gasteiger partial charge is 0.274 e. The number of benzene rings is 1. The fourth-order valence-electron chi connectivity index (χ4n) is 5.82. The van der Waals surface area contributed by atoms with Gasteiger partial charge in [-0.05, 0) is 57.8 Å². The molecule has 0 saturated carbocycles. The van der Waals surface area contributed by atoms with Crippen LogP contribution in [0.5, 0.6) is 0 Å². The van der Waals surface area contributed by atoms with Crippen molar-refractivity contribution in [3.05, 3.63) is 40.4 Å². The topological polar surface area (TPSA) is 106 Å². The lowest BCUT2D eigenvalue weighted by Gasteiger charge is -2.37. The minimum atomic E-state index is -0.647. The second-order valence-electron chi connectivity index (χ2n) is 11.1. The zero-order valence-electron chi connectivity index (χ0n) is 22.6. The number of likely N-dealkylation sites (tertiary alicyclic amines) is 1. The quantitative estimate of drug-likeness (QED) is 0.425. The molecule has 1 aromatic carbocycles. The molecule has 0 aliphatic carbocycles. The second kappa shape index (κ2) is 9.48. The van der Waals surface area contributed by atoms with Gasteiger partial charge in [0, 0.05) is 27.2 Å². The van der Waals surface area contributed by atoms with Gasteiger partial charge in [-0.1, -0.05) is 12.1 Å². The highest BCUT2D eigenvalue weighted by Crippen LogP contribution is 2.30. The number of morpholine rings is 1. The van der Waals surface area contributed by atoms with Crippen molar-refractivity contribution in [2.75, 3.05) is 44.3 Å². The summed E-state index contributed by atoms with van der Waals surface area (Å²) in [6.07, 6.45) is 1.93. The maximum atomic E-state index is 13.0. The number of fused-ring (bicyclic) bond motifs is 2. The van der Waals surface area contributed by atoms with Crippen LogP contribution < -0.4 is 10.5 Å². The number of rotatable bonds is 5. The van der Waals surface area contributed by atoms with Gasteiger partial charge in [0.1, 0.15) is 5.82 Å². The first-order valence-electron chi connectivity index (χ1n) is 13.4. The molecule has 2 aliphatic rings. The molecule has 0 atom stereocenters. The Bertz CT molecular complexity index is 1530. The molecule has 3 aromatic heterocycles. The van der Waals surface area contributed by atoms with Gasteiger partial charge in [-0.15, -0.1) is 0 Å². The van der Waals surface area contributed by atoms with Crippen LogP contribution in [0.4, 0.5) is 5.82 Å². The number of aryl methyl sites for hydroxylation is 1. The van der Waals surface area contributed by atoms with E-state index in [0.29, 0.717) is 50.1 Å². The normalized spacial score (nSPS) is 18.2. The first-order valence-corrected chi connectivity index (χ1v) is 13.4. The van der Waals surface area contributed by atoms with E-state index >= 15 is 0 Å². The molecule has 0 amide bonds. The molecule has 0 bridgehead atoms. The molecule has 2 aliphatic heterocycles. The summed E-state index contributed by atoms with van der Waals surface area (Å²) in [4.78, 5) is 32.6. The highest BCUT2D eigenvalue weighted by molar-refractivity contribution is 5.86. The molecule has 0 unspecified atom stereocenters. The summed E-state index contributed by atoms with van der Waals surface area (Å²) >= 11 is 0. The summed E-state index contributed by atoms with van der Waals surface area (Å²) in [7, 11) is 3.75. The molecule has 4 aromatic rings. The van der Waals surface area contributed by atoms with Crippen LogP contribution in [0, 0.1) is 5.92 Å². The van der Waals surface area contributed by atoms with Crippen molar-refractivity contribution in [3.8, 4) is 5.95 Å². The van der Waals surface area contributed by atoms with Crippen molar-refractivity contribution in [1.82, 2.24) is 33.8 Å². The number of anilines is 1. The first kappa shape index (κ1) is 25.0. The summed E-state index contributed by atoms with van der Waals surface area (Å²) < 4.78 is 11.0. The lowest BCUT2D eigenvalue weighted by atomic mass is 9.83. The maximum absolute atomic E-state index is 13.0. The Hall–Kier alpha value is -3.28. The van der Waals surface area contributed by atoms with Crippen molar-refractivity contribution >= 4 is 27.9 Å². The molecule has 6 rings (SSSR count). The Morgan fingerprint density at radius 2 is 1.74 bits per heavy atom. The maximum Gasteiger partial charge on any atom is 0.274 e. The van der Waals surface area contributed by atoms with Gasteiger partial charge in [0.15, 0.2) is 17.0 Å². The average molecular weight is 521 g/mol. The summed E-state index contributed by atoms with van der Waals surface area (Å²) in [5.74, 6) is 2.44. The van der Waals surface area contributed by atoms with Gasteiger partial charge < -0.3 is 19.3 Å². The SMILES string of the molecule is Cn1c(CN2CCC(C(C)(C)O)CC2)nc2c(N3CCOCC3)nc(-n3c4ccccc4c(=O)n3C)nc21. The van der Waals surface area contributed by atoms with Crippen molar-refractivity contribution in [1.29, 1.82) is 0 Å². The lowest BCUT2D eigenvalue weighted by Crippen LogP contribution is -2.41. The van der Waals surface area contributed by atoms with Crippen LogP contribution in [0.3, 0.4) is 0 Å². The van der Waals surface area contributed by atoms with Crippen LogP contribution in [0.2, 0.25) is 0 Å². The Balaban J connectivity index is 1.43. The number of para-hydroxylation sites is 1.